The Kier molecular flexibility index (Phi) is 4.02. The number of benzene rings is 1. The molecule has 4 heteroatoms. The monoisotopic (exact) mass is 264 g/mol. The first-order chi connectivity index (χ1) is 9.61. The van der Waals surface area contributed by atoms with Crippen LogP contribution in [0.25, 0.3) is 0 Å². The zero-order valence-electron chi connectivity index (χ0n) is 11.0. The fraction of sp³-hybridized carbons (Fsp3) is 0.125. The van der Waals surface area contributed by atoms with E-state index in [1.165, 1.54) is 19.3 Å². The zero-order valence-corrected chi connectivity index (χ0v) is 11.0. The van der Waals surface area contributed by atoms with Crippen molar-refractivity contribution in [3.63, 3.8) is 0 Å². The summed E-state index contributed by atoms with van der Waals surface area (Å²) >= 11 is 0. The van der Waals surface area contributed by atoms with E-state index in [-0.39, 0.29) is 18.0 Å². The molecule has 1 heterocycles. The van der Waals surface area contributed by atoms with E-state index in [2.05, 4.69) is 4.98 Å². The van der Waals surface area contributed by atoms with Crippen LogP contribution in [0.3, 0.4) is 0 Å². The number of hydrogen-bond acceptors (Lipinski definition) is 4. The van der Waals surface area contributed by atoms with Crippen molar-refractivity contribution in [1.29, 1.82) is 5.26 Å². The predicted molar refractivity (Wildman–Crippen MR) is 73.4 cm³/mol. The maximum atomic E-state index is 12.2. The maximum Gasteiger partial charge on any atom is 0.167 e. The molecule has 0 aliphatic rings. The van der Waals surface area contributed by atoms with Gasteiger partial charge in [-0.1, -0.05) is 12.1 Å². The molecule has 98 valence electrons. The number of hydrogen-bond donors (Lipinski definition) is 0. The first-order valence-corrected chi connectivity index (χ1v) is 6.09. The largest absolute Gasteiger partial charge is 0.294 e. The highest BCUT2D eigenvalue weighted by molar-refractivity contribution is 6.01. The Bertz CT molecular complexity index is 697. The minimum absolute atomic E-state index is 0.0879. The number of nitriles is 1. The van der Waals surface area contributed by atoms with Gasteiger partial charge in [-0.15, -0.1) is 0 Å². The van der Waals surface area contributed by atoms with Crippen molar-refractivity contribution in [2.24, 2.45) is 0 Å². The van der Waals surface area contributed by atoms with Crippen molar-refractivity contribution >= 4 is 11.6 Å². The van der Waals surface area contributed by atoms with Crippen LogP contribution in [0, 0.1) is 11.3 Å². The SMILES string of the molecule is CC(=O)c1ccncc1CC(=O)c1ccc(C#N)cc1. The maximum absolute atomic E-state index is 12.2. The zero-order chi connectivity index (χ0) is 14.5. The summed E-state index contributed by atoms with van der Waals surface area (Å²) in [6, 6.07) is 10.0. The van der Waals surface area contributed by atoms with Crippen LogP contribution in [0.1, 0.15) is 38.8 Å². The van der Waals surface area contributed by atoms with Gasteiger partial charge in [-0.05, 0) is 30.7 Å². The first kappa shape index (κ1) is 13.6. The molecule has 2 rings (SSSR count). The van der Waals surface area contributed by atoms with Gasteiger partial charge in [0.05, 0.1) is 11.6 Å². The van der Waals surface area contributed by atoms with Crippen LogP contribution in [-0.2, 0) is 6.42 Å². The predicted octanol–water partition coefficient (Wildman–Crippen LogP) is 2.58. The summed E-state index contributed by atoms with van der Waals surface area (Å²) in [5.74, 6) is -0.194. The van der Waals surface area contributed by atoms with E-state index in [0.29, 0.717) is 22.3 Å². The van der Waals surface area contributed by atoms with Gasteiger partial charge in [0.25, 0.3) is 0 Å². The van der Waals surface area contributed by atoms with Gasteiger partial charge in [-0.3, -0.25) is 14.6 Å². The lowest BCUT2D eigenvalue weighted by Crippen LogP contribution is -2.08. The Morgan fingerprint density at radius 2 is 1.90 bits per heavy atom. The van der Waals surface area contributed by atoms with Gasteiger partial charge in [0.2, 0.25) is 0 Å². The lowest BCUT2D eigenvalue weighted by molar-refractivity contribution is 0.0992. The van der Waals surface area contributed by atoms with Crippen LogP contribution in [0.4, 0.5) is 0 Å². The van der Waals surface area contributed by atoms with Gasteiger partial charge < -0.3 is 0 Å². The molecule has 4 nitrogen and oxygen atoms in total. The van der Waals surface area contributed by atoms with Crippen molar-refractivity contribution in [3.05, 3.63) is 65.0 Å². The van der Waals surface area contributed by atoms with Crippen LogP contribution in [0.5, 0.6) is 0 Å². The second-order valence-electron chi connectivity index (χ2n) is 4.38. The summed E-state index contributed by atoms with van der Waals surface area (Å²) in [4.78, 5) is 27.6. The Labute approximate surface area is 116 Å². The molecule has 0 saturated heterocycles. The molecule has 1 aromatic carbocycles. The lowest BCUT2D eigenvalue weighted by Gasteiger charge is -2.05. The quantitative estimate of drug-likeness (QED) is 0.796. The molecule has 1 aromatic heterocycles. The summed E-state index contributed by atoms with van der Waals surface area (Å²) in [5.41, 5.74) is 2.16. The molecule has 0 atom stereocenters. The molecule has 2 aromatic rings. The normalized spacial score (nSPS) is 9.80. The van der Waals surface area contributed by atoms with E-state index in [4.69, 9.17) is 5.26 Å². The Balaban J connectivity index is 2.23. The molecule has 0 N–H and O–H groups in total. The van der Waals surface area contributed by atoms with E-state index < -0.39 is 0 Å². The molecular weight excluding hydrogens is 252 g/mol. The molecule has 0 spiro atoms. The van der Waals surface area contributed by atoms with Gasteiger partial charge >= 0.3 is 0 Å². The molecule has 20 heavy (non-hydrogen) atoms. The number of pyridine rings is 1. The first-order valence-electron chi connectivity index (χ1n) is 6.09. The second-order valence-corrected chi connectivity index (χ2v) is 4.38. The van der Waals surface area contributed by atoms with Gasteiger partial charge in [0, 0.05) is 29.9 Å². The number of nitrogens with zero attached hydrogens (tertiary/aromatic N) is 2. The number of rotatable bonds is 4. The number of Topliss-reactive ketones (excluding diaryl/α,β-unsaturated/α-hetero) is 2. The van der Waals surface area contributed by atoms with E-state index >= 15 is 0 Å². The fourth-order valence-corrected chi connectivity index (χ4v) is 1.92. The van der Waals surface area contributed by atoms with Crippen molar-refractivity contribution in [2.45, 2.75) is 13.3 Å². The lowest BCUT2D eigenvalue weighted by atomic mass is 9.98. The van der Waals surface area contributed by atoms with E-state index in [0.717, 1.165) is 0 Å². The summed E-state index contributed by atoms with van der Waals surface area (Å²) in [6.07, 6.45) is 3.19. The molecule has 0 radical (unpaired) electrons. The minimum atomic E-state index is -0.106. The minimum Gasteiger partial charge on any atom is -0.294 e. The summed E-state index contributed by atoms with van der Waals surface area (Å²) in [7, 11) is 0. The Morgan fingerprint density at radius 3 is 2.50 bits per heavy atom. The summed E-state index contributed by atoms with van der Waals surface area (Å²) in [5, 5.41) is 8.72. The number of ketones is 2. The van der Waals surface area contributed by atoms with Crippen LogP contribution in [0.2, 0.25) is 0 Å². The topological polar surface area (TPSA) is 70.8 Å². The van der Waals surface area contributed by atoms with Crippen LogP contribution < -0.4 is 0 Å². The molecule has 0 unspecified atom stereocenters. The van der Waals surface area contributed by atoms with Crippen molar-refractivity contribution in [1.82, 2.24) is 4.98 Å². The van der Waals surface area contributed by atoms with Gasteiger partial charge in [-0.2, -0.15) is 5.26 Å². The summed E-state index contributed by atoms with van der Waals surface area (Å²) in [6.45, 7) is 1.46. The second kappa shape index (κ2) is 5.89. The Morgan fingerprint density at radius 1 is 1.20 bits per heavy atom. The summed E-state index contributed by atoms with van der Waals surface area (Å²) < 4.78 is 0. The third-order valence-corrected chi connectivity index (χ3v) is 2.97. The average molecular weight is 264 g/mol. The molecule has 0 saturated carbocycles. The highest BCUT2D eigenvalue weighted by Crippen LogP contribution is 2.13. The smallest absolute Gasteiger partial charge is 0.167 e. The fourth-order valence-electron chi connectivity index (χ4n) is 1.92. The Hall–Kier alpha value is -2.80. The highest BCUT2D eigenvalue weighted by atomic mass is 16.1. The molecule has 0 aliphatic heterocycles. The number of aromatic nitrogens is 1. The molecule has 0 aliphatic carbocycles. The van der Waals surface area contributed by atoms with Crippen molar-refractivity contribution < 1.29 is 9.59 Å². The average Bonchev–Trinajstić information content (AvgIpc) is 2.47. The van der Waals surface area contributed by atoms with Crippen LogP contribution >= 0.6 is 0 Å². The van der Waals surface area contributed by atoms with Gasteiger partial charge in [0.15, 0.2) is 11.6 Å². The molecule has 0 bridgehead atoms. The molecule has 0 amide bonds. The van der Waals surface area contributed by atoms with E-state index in [1.54, 1.807) is 30.3 Å². The molecular formula is C16H12N2O2. The van der Waals surface area contributed by atoms with E-state index in [9.17, 15) is 9.59 Å². The van der Waals surface area contributed by atoms with Crippen LogP contribution in [-0.4, -0.2) is 16.6 Å². The standard InChI is InChI=1S/C16H12N2O2/c1-11(19)15-6-7-18-10-14(15)8-16(20)13-4-2-12(9-17)3-5-13/h2-7,10H,8H2,1H3. The van der Waals surface area contributed by atoms with Crippen LogP contribution in [0.15, 0.2) is 42.7 Å². The van der Waals surface area contributed by atoms with Gasteiger partial charge in [0.1, 0.15) is 0 Å². The van der Waals surface area contributed by atoms with E-state index in [1.807, 2.05) is 6.07 Å². The number of carbonyl (C=O) groups excluding carboxylic acids is 2. The van der Waals surface area contributed by atoms with Gasteiger partial charge in [-0.25, -0.2) is 0 Å². The van der Waals surface area contributed by atoms with Crippen molar-refractivity contribution in [3.8, 4) is 6.07 Å². The third kappa shape index (κ3) is 2.96. The molecule has 0 fully saturated rings. The highest BCUT2D eigenvalue weighted by Gasteiger charge is 2.12. The third-order valence-electron chi connectivity index (χ3n) is 2.97. The number of carbonyl (C=O) groups is 2. The van der Waals surface area contributed by atoms with Crippen molar-refractivity contribution in [2.75, 3.05) is 0 Å².